The van der Waals surface area contributed by atoms with Crippen LogP contribution in [0, 0.1) is 3.57 Å². The van der Waals surface area contributed by atoms with Crippen LogP contribution >= 0.6 is 61.9 Å². The van der Waals surface area contributed by atoms with Gasteiger partial charge in [0.1, 0.15) is 6.61 Å². The first-order chi connectivity index (χ1) is 16.9. The summed E-state index contributed by atoms with van der Waals surface area (Å²) in [7, 11) is 0. The number of halogens is 3. The smallest absolute Gasteiger partial charge is 0.293 e. The van der Waals surface area contributed by atoms with Crippen molar-refractivity contribution in [2.45, 2.75) is 20.1 Å². The first kappa shape index (κ1) is 26.1. The minimum atomic E-state index is -0.313. The van der Waals surface area contributed by atoms with Crippen LogP contribution in [-0.4, -0.2) is 22.7 Å². The van der Waals surface area contributed by atoms with Crippen molar-refractivity contribution in [3.63, 3.8) is 0 Å². The largest absolute Gasteiger partial charge is 0.490 e. The van der Waals surface area contributed by atoms with Gasteiger partial charge in [-0.3, -0.25) is 14.5 Å². The molecule has 5 nitrogen and oxygen atoms in total. The molecular formula is C26H20BrClINO4S. The van der Waals surface area contributed by atoms with Crippen LogP contribution in [0.3, 0.4) is 0 Å². The van der Waals surface area contributed by atoms with Crippen molar-refractivity contribution in [1.29, 1.82) is 0 Å². The topological polar surface area (TPSA) is 55.8 Å². The molecule has 0 bridgehead atoms. The summed E-state index contributed by atoms with van der Waals surface area (Å²) in [4.78, 5) is 27.2. The molecule has 0 N–H and O–H groups in total. The highest BCUT2D eigenvalue weighted by Gasteiger charge is 2.35. The maximum Gasteiger partial charge on any atom is 0.293 e. The number of hydrogen-bond donors (Lipinski definition) is 0. The molecule has 180 valence electrons. The Morgan fingerprint density at radius 1 is 1.09 bits per heavy atom. The van der Waals surface area contributed by atoms with Crippen molar-refractivity contribution in [2.75, 3.05) is 6.61 Å². The number of ether oxygens (including phenoxy) is 2. The van der Waals surface area contributed by atoms with Gasteiger partial charge in [0.2, 0.25) is 0 Å². The number of hydrogen-bond acceptors (Lipinski definition) is 5. The SMILES string of the molecule is CCOc1cc(/C=C2/SC(=O)N(Cc3cccc(Br)c3)C2=O)cc(I)c1OCc1ccccc1Cl. The molecule has 0 radical (unpaired) electrons. The lowest BCUT2D eigenvalue weighted by atomic mass is 10.1. The monoisotopic (exact) mass is 683 g/mol. The van der Waals surface area contributed by atoms with Crippen LogP contribution in [0.1, 0.15) is 23.6 Å². The Kier molecular flexibility index (Phi) is 8.80. The Balaban J connectivity index is 1.56. The molecule has 1 heterocycles. The van der Waals surface area contributed by atoms with E-state index in [4.69, 9.17) is 21.1 Å². The maximum atomic E-state index is 13.0. The number of carbonyl (C=O) groups is 2. The van der Waals surface area contributed by atoms with Gasteiger partial charge >= 0.3 is 0 Å². The highest BCUT2D eigenvalue weighted by atomic mass is 127. The Labute approximate surface area is 235 Å². The molecule has 1 aliphatic rings. The van der Waals surface area contributed by atoms with Gasteiger partial charge in [0.15, 0.2) is 11.5 Å². The molecule has 4 rings (SSSR count). The van der Waals surface area contributed by atoms with Crippen molar-refractivity contribution in [3.05, 3.63) is 95.3 Å². The number of thioether (sulfide) groups is 1. The standard InChI is InChI=1S/C26H20BrClINO4S/c1-2-33-22-12-17(11-21(29)24(22)34-15-18-7-3-4-9-20(18)28)13-23-25(31)30(26(32)35-23)14-16-6-5-8-19(27)10-16/h3-13H,2,14-15H2,1H3/b23-13+. The highest BCUT2D eigenvalue weighted by molar-refractivity contribution is 14.1. The van der Waals surface area contributed by atoms with Crippen LogP contribution < -0.4 is 9.47 Å². The van der Waals surface area contributed by atoms with Gasteiger partial charge in [0.05, 0.1) is 21.6 Å². The number of nitrogens with zero attached hydrogens (tertiary/aromatic N) is 1. The molecule has 0 saturated carbocycles. The number of benzene rings is 3. The van der Waals surface area contributed by atoms with E-state index in [1.165, 1.54) is 4.90 Å². The van der Waals surface area contributed by atoms with E-state index in [9.17, 15) is 9.59 Å². The van der Waals surface area contributed by atoms with Crippen LogP contribution in [0.25, 0.3) is 6.08 Å². The predicted octanol–water partition coefficient (Wildman–Crippen LogP) is 7.92. The highest BCUT2D eigenvalue weighted by Crippen LogP contribution is 2.38. The van der Waals surface area contributed by atoms with E-state index in [0.717, 1.165) is 36.5 Å². The normalized spacial score (nSPS) is 14.6. The van der Waals surface area contributed by atoms with Crippen molar-refractivity contribution in [1.82, 2.24) is 4.90 Å². The summed E-state index contributed by atoms with van der Waals surface area (Å²) in [6.45, 7) is 2.86. The second kappa shape index (κ2) is 11.8. The quantitative estimate of drug-likeness (QED) is 0.178. The van der Waals surface area contributed by atoms with E-state index in [-0.39, 0.29) is 17.7 Å². The van der Waals surface area contributed by atoms with Gasteiger partial charge < -0.3 is 9.47 Å². The summed E-state index contributed by atoms with van der Waals surface area (Å²) in [6, 6.07) is 18.8. The second-order valence-corrected chi connectivity index (χ2v) is 11.0. The summed E-state index contributed by atoms with van der Waals surface area (Å²) in [6.07, 6.45) is 1.72. The number of rotatable bonds is 8. The molecule has 3 aromatic carbocycles. The Morgan fingerprint density at radius 2 is 1.89 bits per heavy atom. The van der Waals surface area contributed by atoms with Crippen molar-refractivity contribution >= 4 is 79.1 Å². The van der Waals surface area contributed by atoms with Gasteiger partial charge in [-0.25, -0.2) is 0 Å². The second-order valence-electron chi connectivity index (χ2n) is 7.54. The third-order valence-electron chi connectivity index (χ3n) is 5.06. The minimum absolute atomic E-state index is 0.220. The van der Waals surface area contributed by atoms with Crippen LogP contribution in [0.15, 0.2) is 70.0 Å². The van der Waals surface area contributed by atoms with E-state index in [2.05, 4.69) is 38.5 Å². The summed E-state index contributed by atoms with van der Waals surface area (Å²) < 4.78 is 13.6. The number of imide groups is 1. The molecule has 0 atom stereocenters. The fourth-order valence-electron chi connectivity index (χ4n) is 3.45. The molecule has 9 heteroatoms. The fourth-order valence-corrected chi connectivity index (χ4v) is 5.70. The average molecular weight is 685 g/mol. The van der Waals surface area contributed by atoms with E-state index >= 15 is 0 Å². The first-order valence-electron chi connectivity index (χ1n) is 10.7. The summed E-state index contributed by atoms with van der Waals surface area (Å²) in [5, 5.41) is 0.344. The summed E-state index contributed by atoms with van der Waals surface area (Å²) in [5.41, 5.74) is 2.49. The Bertz CT molecular complexity index is 1320. The average Bonchev–Trinajstić information content (AvgIpc) is 3.07. The third-order valence-corrected chi connectivity index (χ3v) is 7.63. The van der Waals surface area contributed by atoms with Gasteiger partial charge in [-0.2, -0.15) is 0 Å². The van der Waals surface area contributed by atoms with Gasteiger partial charge in [-0.1, -0.05) is 57.9 Å². The van der Waals surface area contributed by atoms with E-state index in [0.29, 0.717) is 34.6 Å². The zero-order chi connectivity index (χ0) is 24.9. The third kappa shape index (κ3) is 6.41. The molecular weight excluding hydrogens is 665 g/mol. The van der Waals surface area contributed by atoms with Crippen molar-refractivity contribution in [2.24, 2.45) is 0 Å². The molecule has 0 unspecified atom stereocenters. The molecule has 1 saturated heterocycles. The van der Waals surface area contributed by atoms with E-state index < -0.39 is 0 Å². The minimum Gasteiger partial charge on any atom is -0.490 e. The van der Waals surface area contributed by atoms with Gasteiger partial charge in [-0.15, -0.1) is 0 Å². The molecule has 3 aromatic rings. The van der Waals surface area contributed by atoms with Crippen LogP contribution in [0.2, 0.25) is 5.02 Å². The lowest BCUT2D eigenvalue weighted by Crippen LogP contribution is -2.27. The first-order valence-corrected chi connectivity index (χ1v) is 13.7. The Hall–Kier alpha value is -2.01. The maximum absolute atomic E-state index is 13.0. The zero-order valence-electron chi connectivity index (χ0n) is 18.6. The van der Waals surface area contributed by atoms with Gasteiger partial charge in [0, 0.05) is 15.1 Å². The lowest BCUT2D eigenvalue weighted by Gasteiger charge is -2.15. The molecule has 0 aromatic heterocycles. The molecule has 0 aliphatic carbocycles. The molecule has 1 aliphatic heterocycles. The van der Waals surface area contributed by atoms with E-state index in [1.54, 1.807) is 6.08 Å². The predicted molar refractivity (Wildman–Crippen MR) is 152 cm³/mol. The number of amides is 2. The van der Waals surface area contributed by atoms with Crippen LogP contribution in [0.4, 0.5) is 4.79 Å². The Morgan fingerprint density at radius 3 is 2.63 bits per heavy atom. The van der Waals surface area contributed by atoms with Crippen molar-refractivity contribution in [3.8, 4) is 11.5 Å². The zero-order valence-corrected chi connectivity index (χ0v) is 23.9. The van der Waals surface area contributed by atoms with Crippen molar-refractivity contribution < 1.29 is 19.1 Å². The summed E-state index contributed by atoms with van der Waals surface area (Å²) in [5.74, 6) is 0.852. The van der Waals surface area contributed by atoms with Gasteiger partial charge in [-0.05, 0) is 88.8 Å². The molecule has 0 spiro atoms. The molecule has 1 fully saturated rings. The summed E-state index contributed by atoms with van der Waals surface area (Å²) >= 11 is 12.8. The fraction of sp³-hybridized carbons (Fsp3) is 0.154. The number of carbonyl (C=O) groups excluding carboxylic acids is 2. The van der Waals surface area contributed by atoms with Crippen LogP contribution in [0.5, 0.6) is 11.5 Å². The van der Waals surface area contributed by atoms with Gasteiger partial charge in [0.25, 0.3) is 11.1 Å². The molecule has 35 heavy (non-hydrogen) atoms. The van der Waals surface area contributed by atoms with Crippen LogP contribution in [-0.2, 0) is 17.9 Å². The van der Waals surface area contributed by atoms with E-state index in [1.807, 2.05) is 67.6 Å². The molecule has 2 amide bonds. The lowest BCUT2D eigenvalue weighted by molar-refractivity contribution is -0.123.